The molecule has 2 saturated carbocycles. The van der Waals surface area contributed by atoms with Crippen LogP contribution in [0.2, 0.25) is 0 Å². The predicted octanol–water partition coefficient (Wildman–Crippen LogP) is 1.16. The number of ether oxygens (including phenoxy) is 1. The number of esters is 1. The molecule has 1 heterocycles. The molecule has 3 rings (SSSR count). The third-order valence-corrected chi connectivity index (χ3v) is 9.19. The monoisotopic (exact) mass is 399 g/mol. The topological polar surface area (TPSA) is 80.8 Å². The molecule has 152 valence electrons. The molecule has 0 aromatic rings. The fourth-order valence-electron chi connectivity index (χ4n) is 5.57. The predicted molar refractivity (Wildman–Crippen MR) is 101 cm³/mol. The van der Waals surface area contributed by atoms with E-state index in [1.807, 2.05) is 14.1 Å². The van der Waals surface area contributed by atoms with Gasteiger partial charge in [0.2, 0.25) is 10.0 Å². The first-order valence-corrected chi connectivity index (χ1v) is 11.1. The molecule has 0 N–H and O–H groups in total. The van der Waals surface area contributed by atoms with Crippen molar-refractivity contribution in [1.82, 2.24) is 4.31 Å². The van der Waals surface area contributed by atoms with Gasteiger partial charge in [-0.15, -0.1) is 0 Å². The van der Waals surface area contributed by atoms with Crippen molar-refractivity contribution < 1.29 is 27.2 Å². The Morgan fingerprint density at radius 2 is 1.96 bits per heavy atom. The molecule has 3 atom stereocenters. The molecule has 0 unspecified atom stereocenters. The van der Waals surface area contributed by atoms with Gasteiger partial charge in [-0.1, -0.05) is 13.8 Å². The summed E-state index contributed by atoms with van der Waals surface area (Å²) in [5.74, 6) is -0.225. The number of carbonyl (C=O) groups excluding carboxylic acids is 2. The van der Waals surface area contributed by atoms with Gasteiger partial charge in [0.25, 0.3) is 5.91 Å². The number of fused-ring (bicyclic) bond motifs is 1. The minimum absolute atomic E-state index is 0.0527. The molecule has 0 aromatic carbocycles. The third kappa shape index (κ3) is 3.10. The Morgan fingerprint density at radius 3 is 2.56 bits per heavy atom. The van der Waals surface area contributed by atoms with Crippen LogP contribution in [0, 0.1) is 16.7 Å². The zero-order valence-corrected chi connectivity index (χ0v) is 17.7. The van der Waals surface area contributed by atoms with Crippen LogP contribution in [0.15, 0.2) is 12.2 Å². The number of likely N-dealkylation sites (N-methyl/N-ethyl adjacent to an activating group) is 1. The van der Waals surface area contributed by atoms with Crippen LogP contribution < -0.4 is 0 Å². The third-order valence-electron chi connectivity index (χ3n) is 7.27. The second kappa shape index (κ2) is 6.30. The SMILES string of the molecule is COC(=O)C[N+](C)(C)C/C=C/C(=O)N1[C@H]2C[C@@H]3CC[C@@]2(CS1(=O)=O)C3(C)C. The van der Waals surface area contributed by atoms with Crippen molar-refractivity contribution in [1.29, 1.82) is 0 Å². The maximum Gasteiger partial charge on any atom is 0.361 e. The van der Waals surface area contributed by atoms with Crippen LogP contribution in [0.1, 0.15) is 33.1 Å². The Bertz CT molecular complexity index is 786. The fourth-order valence-corrected chi connectivity index (χ4v) is 8.08. The lowest BCUT2D eigenvalue weighted by atomic mass is 9.69. The lowest BCUT2D eigenvalue weighted by molar-refractivity contribution is -0.877. The van der Waals surface area contributed by atoms with Crippen LogP contribution in [0.3, 0.4) is 0 Å². The number of nitrogens with zero attached hydrogens (tertiary/aromatic N) is 2. The number of rotatable bonds is 5. The van der Waals surface area contributed by atoms with E-state index in [-0.39, 0.29) is 35.1 Å². The molecular weight excluding hydrogens is 368 g/mol. The number of carbonyl (C=O) groups is 2. The fraction of sp³-hybridized carbons (Fsp3) is 0.789. The van der Waals surface area contributed by atoms with Gasteiger partial charge in [0.1, 0.15) is 0 Å². The van der Waals surface area contributed by atoms with Gasteiger partial charge in [-0.25, -0.2) is 17.5 Å². The summed E-state index contributed by atoms with van der Waals surface area (Å²) >= 11 is 0. The summed E-state index contributed by atoms with van der Waals surface area (Å²) in [5.41, 5.74) is -0.358. The quantitative estimate of drug-likeness (QED) is 0.394. The number of quaternary nitrogens is 1. The molecule has 1 amide bonds. The first-order valence-electron chi connectivity index (χ1n) is 9.48. The Hall–Kier alpha value is -1.41. The standard InChI is InChI=1S/C19H31N2O5S/c1-18(2)14-8-9-19(18)13-27(24,25)20(15(19)11-14)16(22)7-6-10-21(3,4)12-17(23)26-5/h6-7,14-15H,8-13H2,1-5H3/q+1/b7-6+/t14-,15-,19-/m0/s1. The Labute approximate surface area is 162 Å². The Morgan fingerprint density at radius 1 is 1.30 bits per heavy atom. The van der Waals surface area contributed by atoms with Gasteiger partial charge in [0.05, 0.1) is 39.5 Å². The van der Waals surface area contributed by atoms with E-state index < -0.39 is 15.9 Å². The molecule has 1 aliphatic heterocycles. The van der Waals surface area contributed by atoms with E-state index >= 15 is 0 Å². The molecule has 0 aromatic heterocycles. The van der Waals surface area contributed by atoms with Crippen molar-refractivity contribution in [2.75, 3.05) is 40.0 Å². The van der Waals surface area contributed by atoms with Gasteiger partial charge >= 0.3 is 5.97 Å². The number of methoxy groups -OCH3 is 1. The van der Waals surface area contributed by atoms with Crippen molar-refractivity contribution >= 4 is 21.9 Å². The van der Waals surface area contributed by atoms with Gasteiger partial charge < -0.3 is 9.22 Å². The van der Waals surface area contributed by atoms with Gasteiger partial charge in [0, 0.05) is 11.5 Å². The van der Waals surface area contributed by atoms with E-state index in [0.29, 0.717) is 16.9 Å². The van der Waals surface area contributed by atoms with Gasteiger partial charge in [-0.05, 0) is 36.7 Å². The summed E-state index contributed by atoms with van der Waals surface area (Å²) in [6.07, 6.45) is 5.72. The summed E-state index contributed by atoms with van der Waals surface area (Å²) < 4.78 is 31.8. The van der Waals surface area contributed by atoms with Crippen LogP contribution in [0.5, 0.6) is 0 Å². The van der Waals surface area contributed by atoms with E-state index in [1.54, 1.807) is 6.08 Å². The minimum Gasteiger partial charge on any atom is -0.465 e. The molecular formula is C19H31N2O5S+. The average molecular weight is 400 g/mol. The molecule has 1 saturated heterocycles. The van der Waals surface area contributed by atoms with Crippen molar-refractivity contribution in [3.05, 3.63) is 12.2 Å². The smallest absolute Gasteiger partial charge is 0.361 e. The Balaban J connectivity index is 1.75. The summed E-state index contributed by atoms with van der Waals surface area (Å²) in [6.45, 7) is 4.94. The van der Waals surface area contributed by atoms with Crippen molar-refractivity contribution in [2.45, 2.75) is 39.2 Å². The molecule has 7 nitrogen and oxygen atoms in total. The molecule has 2 aliphatic carbocycles. The minimum atomic E-state index is -3.60. The van der Waals surface area contributed by atoms with Crippen LogP contribution in [-0.2, 0) is 24.3 Å². The van der Waals surface area contributed by atoms with Crippen molar-refractivity contribution in [3.8, 4) is 0 Å². The van der Waals surface area contributed by atoms with Crippen LogP contribution >= 0.6 is 0 Å². The van der Waals surface area contributed by atoms with Gasteiger partial charge in [-0.3, -0.25) is 4.79 Å². The van der Waals surface area contributed by atoms with E-state index in [9.17, 15) is 18.0 Å². The lowest BCUT2D eigenvalue weighted by Crippen LogP contribution is -2.45. The normalized spacial score (nSPS) is 33.4. The zero-order chi connectivity index (χ0) is 20.3. The summed E-state index contributed by atoms with van der Waals surface area (Å²) in [5, 5.41) is 0. The highest BCUT2D eigenvalue weighted by molar-refractivity contribution is 7.90. The summed E-state index contributed by atoms with van der Waals surface area (Å²) in [7, 11) is 1.45. The van der Waals surface area contributed by atoms with Gasteiger partial charge in [0.15, 0.2) is 6.54 Å². The second-order valence-electron chi connectivity index (χ2n) is 9.51. The van der Waals surface area contributed by atoms with Crippen molar-refractivity contribution in [3.63, 3.8) is 0 Å². The highest BCUT2D eigenvalue weighted by atomic mass is 32.2. The van der Waals surface area contributed by atoms with Crippen LogP contribution in [0.4, 0.5) is 0 Å². The van der Waals surface area contributed by atoms with E-state index in [4.69, 9.17) is 0 Å². The highest BCUT2D eigenvalue weighted by Crippen LogP contribution is 2.69. The van der Waals surface area contributed by atoms with Crippen molar-refractivity contribution in [2.24, 2.45) is 16.7 Å². The number of amides is 1. The first kappa shape index (κ1) is 20.3. The lowest BCUT2D eigenvalue weighted by Gasteiger charge is -2.36. The second-order valence-corrected chi connectivity index (χ2v) is 11.4. The molecule has 3 aliphatic rings. The summed E-state index contributed by atoms with van der Waals surface area (Å²) in [4.78, 5) is 24.3. The van der Waals surface area contributed by atoms with Gasteiger partial charge in [-0.2, -0.15) is 0 Å². The largest absolute Gasteiger partial charge is 0.465 e. The molecule has 2 bridgehead atoms. The maximum atomic E-state index is 12.8. The zero-order valence-electron chi connectivity index (χ0n) is 16.9. The molecule has 1 spiro atoms. The molecule has 8 heteroatoms. The highest BCUT2D eigenvalue weighted by Gasteiger charge is 2.72. The number of sulfonamides is 1. The number of hydrogen-bond acceptors (Lipinski definition) is 5. The summed E-state index contributed by atoms with van der Waals surface area (Å²) in [6, 6.07) is -0.217. The van der Waals surface area contributed by atoms with E-state index in [0.717, 1.165) is 23.6 Å². The molecule has 3 fully saturated rings. The maximum absolute atomic E-state index is 12.8. The van der Waals surface area contributed by atoms with Crippen LogP contribution in [-0.4, -0.2) is 75.2 Å². The first-order chi connectivity index (χ1) is 12.4. The molecule has 0 radical (unpaired) electrons. The van der Waals surface area contributed by atoms with E-state index in [2.05, 4.69) is 18.6 Å². The average Bonchev–Trinajstić information content (AvgIpc) is 3.01. The number of hydrogen-bond donors (Lipinski definition) is 0. The Kier molecular flexibility index (Phi) is 4.75. The van der Waals surface area contributed by atoms with Crippen LogP contribution in [0.25, 0.3) is 0 Å². The van der Waals surface area contributed by atoms with E-state index in [1.165, 1.54) is 13.2 Å². The molecule has 27 heavy (non-hydrogen) atoms.